The van der Waals surface area contributed by atoms with Crippen LogP contribution in [0.3, 0.4) is 0 Å². The molecule has 0 aromatic rings. The van der Waals surface area contributed by atoms with Crippen molar-refractivity contribution in [3.05, 3.63) is 11.6 Å². The standard InChI is InChI=1S/C38H62O12/c1-19(40)50-33(2,3)15-14-25(42)38(9,47)31-22(41)16-35(6)24-12-10-20-21(37(24,8)26(43)17-36(31,35)7)11-13-27(34(20,4)5)49-32-30(46)29(45)28(44)23(18-39)48-32/h10,21-25,27-32,39,41-42,44-47H,11-18H2,1-9H3/t21-,22-,23-,24+,25+,27+,28-,29+,30-,31+,32+,35-,36-,37+,38+/m1/s1. The summed E-state index contributed by atoms with van der Waals surface area (Å²) in [6.07, 6.45) is -4.70. The zero-order valence-corrected chi connectivity index (χ0v) is 31.3. The molecule has 0 bridgehead atoms. The lowest BCUT2D eigenvalue weighted by Crippen LogP contribution is -2.65. The number of aliphatic hydroxyl groups is 7. The van der Waals surface area contributed by atoms with Gasteiger partial charge in [0.1, 0.15) is 35.8 Å². The number of carbonyl (C=O) groups excluding carboxylic acids is 2. The lowest BCUT2D eigenvalue weighted by atomic mass is 9.38. The summed E-state index contributed by atoms with van der Waals surface area (Å²) in [5, 5.41) is 76.2. The van der Waals surface area contributed by atoms with Gasteiger partial charge in [-0.25, -0.2) is 0 Å². The van der Waals surface area contributed by atoms with Gasteiger partial charge in [0.25, 0.3) is 0 Å². The van der Waals surface area contributed by atoms with Crippen molar-refractivity contribution in [1.82, 2.24) is 0 Å². The van der Waals surface area contributed by atoms with E-state index in [1.807, 2.05) is 20.8 Å². The molecule has 0 radical (unpaired) electrons. The van der Waals surface area contributed by atoms with Crippen LogP contribution < -0.4 is 0 Å². The Morgan fingerprint density at radius 3 is 2.26 bits per heavy atom. The molecule has 1 heterocycles. The third-order valence-electron chi connectivity index (χ3n) is 14.5. The van der Waals surface area contributed by atoms with Gasteiger partial charge in [0.2, 0.25) is 0 Å². The van der Waals surface area contributed by atoms with E-state index >= 15 is 0 Å². The van der Waals surface area contributed by atoms with Gasteiger partial charge in [-0.1, -0.05) is 46.3 Å². The lowest BCUT2D eigenvalue weighted by molar-refractivity contribution is -0.319. The Kier molecular flexibility index (Phi) is 10.4. The molecule has 5 rings (SSSR count). The van der Waals surface area contributed by atoms with Gasteiger partial charge < -0.3 is 50.0 Å². The number of ether oxygens (including phenoxy) is 3. The molecule has 0 aromatic carbocycles. The summed E-state index contributed by atoms with van der Waals surface area (Å²) < 4.78 is 17.4. The summed E-state index contributed by atoms with van der Waals surface area (Å²) >= 11 is 0. The molecule has 15 atom stereocenters. The zero-order valence-electron chi connectivity index (χ0n) is 31.3. The van der Waals surface area contributed by atoms with Crippen LogP contribution in [0.5, 0.6) is 0 Å². The number of Topliss-reactive ketones (excluding diaryl/α,β-unsaturated/α-hetero) is 1. The number of hydrogen-bond donors (Lipinski definition) is 7. The Balaban J connectivity index is 1.41. The monoisotopic (exact) mass is 710 g/mol. The minimum Gasteiger partial charge on any atom is -0.460 e. The van der Waals surface area contributed by atoms with Gasteiger partial charge in [-0.3, -0.25) is 9.59 Å². The average Bonchev–Trinajstić information content (AvgIpc) is 3.21. The molecular weight excluding hydrogens is 648 g/mol. The molecule has 3 saturated carbocycles. The Hall–Kier alpha value is -1.48. The number of aliphatic hydroxyl groups excluding tert-OH is 6. The van der Waals surface area contributed by atoms with Crippen molar-refractivity contribution in [3.63, 3.8) is 0 Å². The number of ketones is 1. The highest BCUT2D eigenvalue weighted by atomic mass is 16.7. The maximum absolute atomic E-state index is 14.7. The van der Waals surface area contributed by atoms with Gasteiger partial charge in [-0.05, 0) is 82.0 Å². The van der Waals surface area contributed by atoms with Gasteiger partial charge >= 0.3 is 5.97 Å². The first-order valence-corrected chi connectivity index (χ1v) is 18.4. The smallest absolute Gasteiger partial charge is 0.303 e. The summed E-state index contributed by atoms with van der Waals surface area (Å²) in [7, 11) is 0. The third kappa shape index (κ3) is 6.02. The van der Waals surface area contributed by atoms with E-state index in [1.165, 1.54) is 6.92 Å². The molecule has 5 aliphatic rings. The van der Waals surface area contributed by atoms with Crippen molar-refractivity contribution in [3.8, 4) is 0 Å². The fraction of sp³-hybridized carbons (Fsp3) is 0.895. The van der Waals surface area contributed by atoms with Gasteiger partial charge in [-0.15, -0.1) is 0 Å². The first-order valence-electron chi connectivity index (χ1n) is 18.4. The number of esters is 1. The third-order valence-corrected chi connectivity index (χ3v) is 14.5. The second-order valence-electron chi connectivity index (χ2n) is 18.2. The molecule has 286 valence electrons. The van der Waals surface area contributed by atoms with E-state index in [1.54, 1.807) is 20.8 Å². The Morgan fingerprint density at radius 1 is 1.02 bits per heavy atom. The number of hydrogen-bond acceptors (Lipinski definition) is 12. The van der Waals surface area contributed by atoms with Crippen molar-refractivity contribution >= 4 is 11.8 Å². The van der Waals surface area contributed by atoms with Gasteiger partial charge in [0.05, 0.1) is 30.5 Å². The fourth-order valence-corrected chi connectivity index (χ4v) is 11.5. The average molecular weight is 711 g/mol. The molecule has 1 saturated heterocycles. The molecule has 0 amide bonds. The predicted octanol–water partition coefficient (Wildman–Crippen LogP) is 2.16. The topological polar surface area (TPSA) is 203 Å². The summed E-state index contributed by atoms with van der Waals surface area (Å²) in [6.45, 7) is 16.1. The van der Waals surface area contributed by atoms with Crippen LogP contribution in [0.4, 0.5) is 0 Å². The van der Waals surface area contributed by atoms with Crippen LogP contribution in [-0.2, 0) is 23.8 Å². The van der Waals surface area contributed by atoms with E-state index in [0.29, 0.717) is 32.1 Å². The van der Waals surface area contributed by atoms with Crippen LogP contribution in [0, 0.1) is 39.4 Å². The van der Waals surface area contributed by atoms with Gasteiger partial charge in [0.15, 0.2) is 6.29 Å². The first-order chi connectivity index (χ1) is 22.9. The second-order valence-corrected chi connectivity index (χ2v) is 18.2. The number of carbonyl (C=O) groups is 2. The van der Waals surface area contributed by atoms with Crippen LogP contribution in [0.1, 0.15) is 107 Å². The first kappa shape index (κ1) is 39.7. The molecule has 4 fully saturated rings. The van der Waals surface area contributed by atoms with E-state index in [4.69, 9.17) is 14.2 Å². The largest absolute Gasteiger partial charge is 0.460 e. The molecule has 4 aliphatic carbocycles. The minimum atomic E-state index is -1.73. The molecular formula is C38H62O12. The number of allylic oxidation sites excluding steroid dienone is 1. The van der Waals surface area contributed by atoms with E-state index in [9.17, 15) is 45.3 Å². The Labute approximate surface area is 296 Å². The number of rotatable bonds is 9. The highest BCUT2D eigenvalue weighted by Gasteiger charge is 2.74. The molecule has 0 aromatic heterocycles. The summed E-state index contributed by atoms with van der Waals surface area (Å²) in [5.74, 6) is -1.42. The van der Waals surface area contributed by atoms with E-state index < -0.39 is 100 Å². The summed E-state index contributed by atoms with van der Waals surface area (Å²) in [4.78, 5) is 26.3. The SMILES string of the molecule is CC(=O)OC(C)(C)CC[C@H](O)[C@](C)(O)[C@H]1[C@H](O)C[C@]2(C)[C@@H]3CC=C4[C@@H](CC[C@H](O[C@@H]5O[C@H](CO)[C@@H](O)[C@H](O)[C@H]5O)C4(C)C)[C@]3(C)C(=O)C[C@]12C. The molecule has 0 unspecified atom stereocenters. The van der Waals surface area contributed by atoms with Crippen LogP contribution >= 0.6 is 0 Å². The van der Waals surface area contributed by atoms with Crippen molar-refractivity contribution in [2.45, 2.75) is 167 Å². The van der Waals surface area contributed by atoms with Gasteiger partial charge in [0, 0.05) is 30.1 Å². The lowest BCUT2D eigenvalue weighted by Gasteiger charge is -2.65. The van der Waals surface area contributed by atoms with Crippen molar-refractivity contribution in [1.29, 1.82) is 0 Å². The van der Waals surface area contributed by atoms with Crippen LogP contribution in [0.15, 0.2) is 11.6 Å². The minimum absolute atomic E-state index is 0.0718. The summed E-state index contributed by atoms with van der Waals surface area (Å²) in [5.41, 5.74) is -4.25. The second kappa shape index (κ2) is 13.1. The molecule has 0 spiro atoms. The predicted molar refractivity (Wildman–Crippen MR) is 181 cm³/mol. The van der Waals surface area contributed by atoms with E-state index in [0.717, 1.165) is 5.57 Å². The quantitative estimate of drug-likeness (QED) is 0.136. The maximum Gasteiger partial charge on any atom is 0.303 e. The molecule has 7 N–H and O–H groups in total. The van der Waals surface area contributed by atoms with Crippen LogP contribution in [-0.4, -0.2) is 114 Å². The van der Waals surface area contributed by atoms with Crippen molar-refractivity contribution in [2.75, 3.05) is 6.61 Å². The van der Waals surface area contributed by atoms with Crippen molar-refractivity contribution < 1.29 is 59.5 Å². The van der Waals surface area contributed by atoms with Crippen LogP contribution in [0.2, 0.25) is 0 Å². The molecule has 12 heteroatoms. The number of fused-ring (bicyclic) bond motifs is 5. The van der Waals surface area contributed by atoms with E-state index in [-0.39, 0.29) is 30.5 Å². The fourth-order valence-electron chi connectivity index (χ4n) is 11.5. The van der Waals surface area contributed by atoms with Gasteiger partial charge in [-0.2, -0.15) is 0 Å². The summed E-state index contributed by atoms with van der Waals surface area (Å²) in [6, 6.07) is 0. The zero-order chi connectivity index (χ0) is 37.6. The Morgan fingerprint density at radius 2 is 1.66 bits per heavy atom. The Bertz CT molecular complexity index is 1340. The van der Waals surface area contributed by atoms with Crippen molar-refractivity contribution in [2.24, 2.45) is 39.4 Å². The van der Waals surface area contributed by atoms with E-state index in [2.05, 4.69) is 19.9 Å². The van der Waals surface area contributed by atoms with Crippen LogP contribution in [0.25, 0.3) is 0 Å². The molecule has 12 nitrogen and oxygen atoms in total. The molecule has 1 aliphatic heterocycles. The highest BCUT2D eigenvalue weighted by Crippen LogP contribution is 2.74. The maximum atomic E-state index is 14.7. The highest BCUT2D eigenvalue weighted by molar-refractivity contribution is 5.88. The molecule has 50 heavy (non-hydrogen) atoms. The normalized spacial score (nSPS) is 46.2.